The number of methoxy groups -OCH3 is 2. The first kappa shape index (κ1) is 14.2. The van der Waals surface area contributed by atoms with E-state index in [1.165, 1.54) is 7.11 Å². The second-order valence-electron chi connectivity index (χ2n) is 6.05. The van der Waals surface area contributed by atoms with Crippen LogP contribution in [0.5, 0.6) is 17.2 Å². The van der Waals surface area contributed by atoms with E-state index >= 15 is 0 Å². The van der Waals surface area contributed by atoms with Crippen molar-refractivity contribution in [3.63, 3.8) is 0 Å². The molecule has 4 rings (SSSR count). The van der Waals surface area contributed by atoms with Crippen molar-refractivity contribution in [2.75, 3.05) is 14.2 Å². The zero-order valence-electron chi connectivity index (χ0n) is 13.2. The van der Waals surface area contributed by atoms with Gasteiger partial charge in [0.2, 0.25) is 5.75 Å². The highest BCUT2D eigenvalue weighted by molar-refractivity contribution is 6.09. The number of rotatable bonds is 2. The van der Waals surface area contributed by atoms with Crippen LogP contribution in [-0.4, -0.2) is 25.9 Å². The Morgan fingerprint density at radius 2 is 1.87 bits per heavy atom. The van der Waals surface area contributed by atoms with Crippen molar-refractivity contribution in [2.45, 2.75) is 37.8 Å². The summed E-state index contributed by atoms with van der Waals surface area (Å²) in [5.74, 6) is 1.12. The second kappa shape index (κ2) is 5.08. The van der Waals surface area contributed by atoms with Gasteiger partial charge in [-0.1, -0.05) is 6.42 Å². The van der Waals surface area contributed by atoms with Gasteiger partial charge in [0, 0.05) is 12.8 Å². The summed E-state index contributed by atoms with van der Waals surface area (Å²) >= 11 is 0. The van der Waals surface area contributed by atoms with E-state index in [0.717, 1.165) is 32.1 Å². The van der Waals surface area contributed by atoms with Gasteiger partial charge >= 0.3 is 0 Å². The number of hydrogen-bond acceptors (Lipinski definition) is 5. The number of furan rings is 1. The van der Waals surface area contributed by atoms with Crippen LogP contribution in [0.15, 0.2) is 16.7 Å². The molecular formula is C17H19NO5. The summed E-state index contributed by atoms with van der Waals surface area (Å²) < 4.78 is 22.8. The average molecular weight is 317 g/mol. The summed E-state index contributed by atoms with van der Waals surface area (Å²) in [6, 6.07) is 1.76. The maximum Gasteiger partial charge on any atom is 0.262 e. The van der Waals surface area contributed by atoms with Crippen molar-refractivity contribution in [1.82, 2.24) is 5.32 Å². The van der Waals surface area contributed by atoms with Crippen molar-refractivity contribution in [1.29, 1.82) is 0 Å². The van der Waals surface area contributed by atoms with E-state index in [1.807, 2.05) is 0 Å². The molecule has 1 aromatic heterocycles. The van der Waals surface area contributed by atoms with Crippen LogP contribution in [-0.2, 0) is 0 Å². The molecule has 2 aliphatic rings. The topological polar surface area (TPSA) is 69.9 Å². The molecule has 1 spiro atoms. The van der Waals surface area contributed by atoms with Crippen LogP contribution < -0.4 is 19.5 Å². The molecule has 1 aromatic carbocycles. The monoisotopic (exact) mass is 317 g/mol. The number of fused-ring (bicyclic) bond motifs is 2. The lowest BCUT2D eigenvalue weighted by Crippen LogP contribution is -2.57. The van der Waals surface area contributed by atoms with Gasteiger partial charge < -0.3 is 23.9 Å². The summed E-state index contributed by atoms with van der Waals surface area (Å²) in [5.41, 5.74) is 0.249. The first-order valence-electron chi connectivity index (χ1n) is 7.86. The predicted octanol–water partition coefficient (Wildman–Crippen LogP) is 3.23. The fraction of sp³-hybridized carbons (Fsp3) is 0.471. The van der Waals surface area contributed by atoms with Crippen LogP contribution in [0.1, 0.15) is 42.5 Å². The Hall–Kier alpha value is -2.37. The molecule has 0 unspecified atom stereocenters. The fourth-order valence-corrected chi connectivity index (χ4v) is 3.66. The molecule has 0 saturated heterocycles. The van der Waals surface area contributed by atoms with Gasteiger partial charge in [0.1, 0.15) is 11.3 Å². The molecule has 2 aromatic rings. The zero-order chi connectivity index (χ0) is 16.0. The van der Waals surface area contributed by atoms with Gasteiger partial charge in [-0.25, -0.2) is 0 Å². The minimum absolute atomic E-state index is 0.189. The molecule has 1 aliphatic carbocycles. The van der Waals surface area contributed by atoms with Crippen molar-refractivity contribution < 1.29 is 23.4 Å². The zero-order valence-corrected chi connectivity index (χ0v) is 13.2. The number of hydrogen-bond donors (Lipinski definition) is 1. The van der Waals surface area contributed by atoms with Gasteiger partial charge in [0.25, 0.3) is 5.91 Å². The Balaban J connectivity index is 1.96. The number of nitrogens with one attached hydrogen (secondary N) is 1. The van der Waals surface area contributed by atoms with Gasteiger partial charge in [-0.3, -0.25) is 4.79 Å². The number of carbonyl (C=O) groups excluding carboxylic acids is 1. The number of benzene rings is 1. The Bertz CT molecular complexity index is 773. The first-order valence-corrected chi connectivity index (χ1v) is 7.86. The third-order valence-corrected chi connectivity index (χ3v) is 4.71. The Morgan fingerprint density at radius 1 is 1.13 bits per heavy atom. The molecule has 122 valence electrons. The van der Waals surface area contributed by atoms with Crippen molar-refractivity contribution in [3.8, 4) is 17.2 Å². The van der Waals surface area contributed by atoms with Gasteiger partial charge in [-0.2, -0.15) is 0 Å². The summed E-state index contributed by atoms with van der Waals surface area (Å²) in [5, 5.41) is 3.74. The highest BCUT2D eigenvalue weighted by Gasteiger charge is 2.44. The highest BCUT2D eigenvalue weighted by Crippen LogP contribution is 2.50. The predicted molar refractivity (Wildman–Crippen MR) is 83.2 cm³/mol. The van der Waals surface area contributed by atoms with Gasteiger partial charge in [0.05, 0.1) is 25.9 Å². The van der Waals surface area contributed by atoms with Crippen molar-refractivity contribution >= 4 is 16.9 Å². The lowest BCUT2D eigenvalue weighted by molar-refractivity contribution is -0.0107. The summed E-state index contributed by atoms with van der Waals surface area (Å²) in [6.07, 6.45) is 6.34. The van der Waals surface area contributed by atoms with Crippen LogP contribution in [0.3, 0.4) is 0 Å². The molecule has 0 bridgehead atoms. The number of carbonyl (C=O) groups is 1. The third-order valence-electron chi connectivity index (χ3n) is 4.71. The molecule has 1 N–H and O–H groups in total. The molecule has 1 fully saturated rings. The lowest BCUT2D eigenvalue weighted by Gasteiger charge is -2.42. The van der Waals surface area contributed by atoms with E-state index in [0.29, 0.717) is 33.8 Å². The molecule has 2 heterocycles. The molecule has 0 atom stereocenters. The van der Waals surface area contributed by atoms with Gasteiger partial charge in [-0.15, -0.1) is 0 Å². The maximum absolute atomic E-state index is 12.8. The third kappa shape index (κ3) is 1.97. The first-order chi connectivity index (χ1) is 11.2. The van der Waals surface area contributed by atoms with E-state index in [9.17, 15) is 4.79 Å². The summed E-state index contributed by atoms with van der Waals surface area (Å²) in [4.78, 5) is 12.8. The Labute approximate surface area is 133 Å². The van der Waals surface area contributed by atoms with Crippen LogP contribution in [0.4, 0.5) is 0 Å². The smallest absolute Gasteiger partial charge is 0.262 e. The van der Waals surface area contributed by atoms with Crippen LogP contribution in [0, 0.1) is 0 Å². The lowest BCUT2D eigenvalue weighted by atomic mass is 9.89. The fourth-order valence-electron chi connectivity index (χ4n) is 3.66. The minimum Gasteiger partial charge on any atom is -0.495 e. The molecule has 6 nitrogen and oxygen atoms in total. The maximum atomic E-state index is 12.8. The molecular weight excluding hydrogens is 298 g/mol. The number of amides is 1. The van der Waals surface area contributed by atoms with Crippen LogP contribution in [0.2, 0.25) is 0 Å². The van der Waals surface area contributed by atoms with Crippen LogP contribution >= 0.6 is 0 Å². The van der Waals surface area contributed by atoms with Gasteiger partial charge in [-0.05, 0) is 18.9 Å². The molecule has 1 saturated carbocycles. The normalized spacial score (nSPS) is 19.1. The van der Waals surface area contributed by atoms with E-state index in [2.05, 4.69) is 5.32 Å². The largest absolute Gasteiger partial charge is 0.495 e. The van der Waals surface area contributed by atoms with E-state index in [1.54, 1.807) is 19.4 Å². The van der Waals surface area contributed by atoms with Crippen LogP contribution in [0.25, 0.3) is 11.0 Å². The molecule has 0 radical (unpaired) electrons. The quantitative estimate of drug-likeness (QED) is 0.921. The van der Waals surface area contributed by atoms with E-state index < -0.39 is 5.72 Å². The Morgan fingerprint density at radius 3 is 2.57 bits per heavy atom. The summed E-state index contributed by atoms with van der Waals surface area (Å²) in [7, 11) is 3.08. The van der Waals surface area contributed by atoms with E-state index in [4.69, 9.17) is 18.6 Å². The molecule has 23 heavy (non-hydrogen) atoms. The van der Waals surface area contributed by atoms with Crippen molar-refractivity contribution in [3.05, 3.63) is 17.9 Å². The average Bonchev–Trinajstić information content (AvgIpc) is 3.02. The molecule has 1 aliphatic heterocycles. The Kier molecular flexibility index (Phi) is 3.14. The minimum atomic E-state index is -0.652. The number of ether oxygens (including phenoxy) is 3. The SMILES string of the molecule is COc1c2c(c(OC)c3occc13)OC1(CCCCC1)NC2=O. The summed E-state index contributed by atoms with van der Waals surface area (Å²) in [6.45, 7) is 0. The van der Waals surface area contributed by atoms with Gasteiger partial charge in [0.15, 0.2) is 17.1 Å². The molecule has 6 heteroatoms. The van der Waals surface area contributed by atoms with E-state index in [-0.39, 0.29) is 5.91 Å². The highest BCUT2D eigenvalue weighted by atomic mass is 16.5. The van der Waals surface area contributed by atoms with Crippen molar-refractivity contribution in [2.24, 2.45) is 0 Å². The molecule has 1 amide bonds. The standard InChI is InChI=1S/C17H19NO5/c1-20-12-10-6-9-22-13(10)15(21-2)14-11(12)16(19)18-17(23-14)7-4-3-5-8-17/h6,9H,3-5,7-8H2,1-2H3,(H,18,19). The second-order valence-corrected chi connectivity index (χ2v) is 6.05.